The van der Waals surface area contributed by atoms with Crippen LogP contribution < -0.4 is 19.5 Å². The van der Waals surface area contributed by atoms with Crippen molar-refractivity contribution in [3.63, 3.8) is 0 Å². The fourth-order valence-corrected chi connectivity index (χ4v) is 3.49. The van der Waals surface area contributed by atoms with Gasteiger partial charge in [0.05, 0.1) is 13.2 Å². The lowest BCUT2D eigenvalue weighted by molar-refractivity contribution is -0.134. The summed E-state index contributed by atoms with van der Waals surface area (Å²) < 4.78 is 17.0. The number of benzene rings is 2. The number of nitrogens with zero attached hydrogens (tertiary/aromatic N) is 1. The van der Waals surface area contributed by atoms with Gasteiger partial charge in [0.25, 0.3) is 11.8 Å². The summed E-state index contributed by atoms with van der Waals surface area (Å²) >= 11 is 0. The topological polar surface area (TPSA) is 77.1 Å². The third-order valence-corrected chi connectivity index (χ3v) is 5.18. The smallest absolute Gasteiger partial charge is 0.260 e. The van der Waals surface area contributed by atoms with Gasteiger partial charge in [-0.2, -0.15) is 0 Å². The van der Waals surface area contributed by atoms with Crippen LogP contribution in [0.25, 0.3) is 0 Å². The molecule has 1 fully saturated rings. The fourth-order valence-electron chi connectivity index (χ4n) is 3.49. The lowest BCUT2D eigenvalue weighted by atomic mass is 10.1. The molecule has 0 unspecified atom stereocenters. The summed E-state index contributed by atoms with van der Waals surface area (Å²) in [4.78, 5) is 26.7. The highest BCUT2D eigenvalue weighted by molar-refractivity contribution is 5.94. The summed E-state index contributed by atoms with van der Waals surface area (Å²) in [6.07, 6.45) is 3.94. The second-order valence-electron chi connectivity index (χ2n) is 7.60. The average molecular weight is 441 g/mol. The molecule has 1 N–H and O–H groups in total. The Bertz CT molecular complexity index is 866. The molecule has 1 aliphatic rings. The molecular weight excluding hydrogens is 408 g/mol. The number of ether oxygens (including phenoxy) is 3. The molecule has 1 saturated heterocycles. The first kappa shape index (κ1) is 23.4. The van der Waals surface area contributed by atoms with E-state index in [1.54, 1.807) is 18.2 Å². The lowest BCUT2D eigenvalue weighted by Gasteiger charge is -2.26. The van der Waals surface area contributed by atoms with E-state index < -0.39 is 0 Å². The Labute approximate surface area is 189 Å². The molecule has 0 radical (unpaired) electrons. The molecule has 0 aliphatic carbocycles. The van der Waals surface area contributed by atoms with Crippen LogP contribution in [-0.2, 0) is 4.79 Å². The largest absolute Gasteiger partial charge is 0.494 e. The van der Waals surface area contributed by atoms with Crippen molar-refractivity contribution in [3.8, 4) is 17.2 Å². The molecule has 2 aromatic rings. The van der Waals surface area contributed by atoms with Crippen molar-refractivity contribution in [2.24, 2.45) is 0 Å². The Kier molecular flexibility index (Phi) is 9.22. The normalized spacial score (nSPS) is 13.3. The van der Waals surface area contributed by atoms with Crippen LogP contribution in [0.4, 0.5) is 0 Å². The van der Waals surface area contributed by atoms with Crippen molar-refractivity contribution in [3.05, 3.63) is 54.1 Å². The first-order valence-corrected chi connectivity index (χ1v) is 11.3. The number of rotatable bonds is 11. The maximum absolute atomic E-state index is 12.5. The molecule has 0 saturated carbocycles. The Balaban J connectivity index is 1.47. The highest BCUT2D eigenvalue weighted by Gasteiger charge is 2.18. The van der Waals surface area contributed by atoms with Crippen LogP contribution in [0.2, 0.25) is 0 Å². The van der Waals surface area contributed by atoms with E-state index in [1.807, 2.05) is 42.2 Å². The minimum atomic E-state index is -0.193. The lowest BCUT2D eigenvalue weighted by Crippen LogP contribution is -2.38. The number of likely N-dealkylation sites (tertiary alicyclic amines) is 1. The molecule has 0 atom stereocenters. The van der Waals surface area contributed by atoms with E-state index in [1.165, 1.54) is 6.42 Å². The maximum Gasteiger partial charge on any atom is 0.260 e. The van der Waals surface area contributed by atoms with Crippen molar-refractivity contribution in [1.29, 1.82) is 0 Å². The highest BCUT2D eigenvalue weighted by Crippen LogP contribution is 2.28. The first-order valence-electron chi connectivity index (χ1n) is 11.3. The Morgan fingerprint density at radius 3 is 2.47 bits per heavy atom. The van der Waals surface area contributed by atoms with Crippen molar-refractivity contribution >= 4 is 11.8 Å². The number of amides is 2. The van der Waals surface area contributed by atoms with Crippen LogP contribution in [-0.4, -0.2) is 56.2 Å². The third kappa shape index (κ3) is 7.18. The van der Waals surface area contributed by atoms with Gasteiger partial charge in [0, 0.05) is 25.2 Å². The monoisotopic (exact) mass is 440 g/mol. The second kappa shape index (κ2) is 12.6. The molecule has 172 valence electrons. The van der Waals surface area contributed by atoms with E-state index in [0.717, 1.165) is 31.7 Å². The molecule has 0 bridgehead atoms. The molecule has 7 nitrogen and oxygen atoms in total. The van der Waals surface area contributed by atoms with Gasteiger partial charge >= 0.3 is 0 Å². The molecule has 3 rings (SSSR count). The van der Waals surface area contributed by atoms with E-state index in [0.29, 0.717) is 43.2 Å². The van der Waals surface area contributed by atoms with E-state index >= 15 is 0 Å². The van der Waals surface area contributed by atoms with Gasteiger partial charge in [-0.1, -0.05) is 18.2 Å². The number of para-hydroxylation sites is 1. The summed E-state index contributed by atoms with van der Waals surface area (Å²) in [5.74, 6) is 1.52. The van der Waals surface area contributed by atoms with E-state index in [-0.39, 0.29) is 18.4 Å². The SMILES string of the molecule is CCOc1cc(C(=O)NCCCOc2ccccc2)ccc1OCC(=O)N1CCCCC1. The maximum atomic E-state index is 12.5. The van der Waals surface area contributed by atoms with Crippen molar-refractivity contribution < 1.29 is 23.8 Å². The zero-order valence-electron chi connectivity index (χ0n) is 18.7. The van der Waals surface area contributed by atoms with Crippen LogP contribution in [0.3, 0.4) is 0 Å². The molecule has 32 heavy (non-hydrogen) atoms. The van der Waals surface area contributed by atoms with E-state index in [9.17, 15) is 9.59 Å². The van der Waals surface area contributed by atoms with Crippen molar-refractivity contribution in [2.75, 3.05) is 39.5 Å². The molecule has 2 aromatic carbocycles. The number of nitrogens with one attached hydrogen (secondary N) is 1. The van der Waals surface area contributed by atoms with Gasteiger partial charge in [0.1, 0.15) is 5.75 Å². The average Bonchev–Trinajstić information content (AvgIpc) is 2.84. The summed E-state index contributed by atoms with van der Waals surface area (Å²) in [6, 6.07) is 14.6. The number of carbonyl (C=O) groups is 2. The van der Waals surface area contributed by atoms with Gasteiger partial charge in [0.2, 0.25) is 0 Å². The Hall–Kier alpha value is -3.22. The molecule has 7 heteroatoms. The number of hydrogen-bond donors (Lipinski definition) is 1. The minimum Gasteiger partial charge on any atom is -0.494 e. The van der Waals surface area contributed by atoms with Gasteiger partial charge in [0.15, 0.2) is 18.1 Å². The van der Waals surface area contributed by atoms with Gasteiger partial charge in [-0.3, -0.25) is 9.59 Å². The highest BCUT2D eigenvalue weighted by atomic mass is 16.5. The molecule has 0 spiro atoms. The van der Waals surface area contributed by atoms with Crippen LogP contribution in [0.5, 0.6) is 17.2 Å². The molecule has 2 amide bonds. The van der Waals surface area contributed by atoms with E-state index in [4.69, 9.17) is 14.2 Å². The van der Waals surface area contributed by atoms with Crippen molar-refractivity contribution in [1.82, 2.24) is 10.2 Å². The molecular formula is C25H32N2O5. The van der Waals surface area contributed by atoms with Crippen LogP contribution in [0, 0.1) is 0 Å². The summed E-state index contributed by atoms with van der Waals surface area (Å²) in [5, 5.41) is 2.89. The first-order chi connectivity index (χ1) is 15.7. The Morgan fingerprint density at radius 2 is 1.72 bits per heavy atom. The number of carbonyl (C=O) groups excluding carboxylic acids is 2. The molecule has 0 aromatic heterocycles. The van der Waals surface area contributed by atoms with Crippen LogP contribution >= 0.6 is 0 Å². The van der Waals surface area contributed by atoms with E-state index in [2.05, 4.69) is 5.32 Å². The number of piperidine rings is 1. The minimum absolute atomic E-state index is 0.0216. The predicted octanol–water partition coefficient (Wildman–Crippen LogP) is 3.68. The fraction of sp³-hybridized carbons (Fsp3) is 0.440. The standard InChI is InChI=1S/C25H32N2O5/c1-2-30-23-18-20(25(29)26-14-9-17-31-21-10-5-3-6-11-21)12-13-22(23)32-19-24(28)27-15-7-4-8-16-27/h3,5-6,10-13,18H,2,4,7-9,14-17,19H2,1H3,(H,26,29). The van der Waals surface area contributed by atoms with Gasteiger partial charge in [-0.15, -0.1) is 0 Å². The predicted molar refractivity (Wildman–Crippen MR) is 122 cm³/mol. The summed E-state index contributed by atoms with van der Waals surface area (Å²) in [6.45, 7) is 4.85. The Morgan fingerprint density at radius 1 is 0.938 bits per heavy atom. The molecule has 1 aliphatic heterocycles. The molecule has 1 heterocycles. The second-order valence-corrected chi connectivity index (χ2v) is 7.60. The zero-order valence-corrected chi connectivity index (χ0v) is 18.7. The van der Waals surface area contributed by atoms with Gasteiger partial charge in [-0.05, 0) is 62.9 Å². The summed E-state index contributed by atoms with van der Waals surface area (Å²) in [5.41, 5.74) is 0.479. The van der Waals surface area contributed by atoms with Crippen molar-refractivity contribution in [2.45, 2.75) is 32.6 Å². The number of hydrogen-bond acceptors (Lipinski definition) is 5. The summed E-state index contributed by atoms with van der Waals surface area (Å²) in [7, 11) is 0. The van der Waals surface area contributed by atoms with Crippen LogP contribution in [0.1, 0.15) is 43.0 Å². The van der Waals surface area contributed by atoms with Gasteiger partial charge < -0.3 is 24.4 Å². The van der Waals surface area contributed by atoms with Crippen LogP contribution in [0.15, 0.2) is 48.5 Å². The zero-order chi connectivity index (χ0) is 22.6. The van der Waals surface area contributed by atoms with Gasteiger partial charge in [-0.25, -0.2) is 0 Å². The third-order valence-electron chi connectivity index (χ3n) is 5.18. The quantitative estimate of drug-likeness (QED) is 0.540.